The molecule has 0 amide bonds. The van der Waals surface area contributed by atoms with Crippen LogP contribution in [-0.4, -0.2) is 43.6 Å². The van der Waals surface area contributed by atoms with Gasteiger partial charge in [0.1, 0.15) is 19.0 Å². The van der Waals surface area contributed by atoms with Gasteiger partial charge in [-0.05, 0) is 18.2 Å². The third-order valence-electron chi connectivity index (χ3n) is 13.9. The maximum Gasteiger partial charge on any atom is 0.115 e. The van der Waals surface area contributed by atoms with Gasteiger partial charge >= 0.3 is 0 Å². The van der Waals surface area contributed by atoms with Gasteiger partial charge in [-0.2, -0.15) is 0 Å². The summed E-state index contributed by atoms with van der Waals surface area (Å²) in [6.45, 7) is 14.6. The third-order valence-corrected chi connectivity index (χ3v) is 13.9. The minimum Gasteiger partial charge on any atom is -0.311 e. The van der Waals surface area contributed by atoms with Gasteiger partial charge in [-0.25, -0.2) is 29.9 Å². The lowest BCUT2D eigenvalue weighted by Gasteiger charge is -2.31. The number of aromatic nitrogens is 9. The average molecular weight is 778 g/mol. The normalized spacial score (nSPS) is 15.9. The molecule has 0 fully saturated rings. The van der Waals surface area contributed by atoms with Gasteiger partial charge in [0, 0.05) is 137 Å². The third kappa shape index (κ3) is 3.80. The fourth-order valence-corrected chi connectivity index (χ4v) is 11.9. The quantitative estimate of drug-likeness (QED) is 0.177. The zero-order chi connectivity index (χ0) is 40.4. The molecule has 0 bridgehead atoms. The van der Waals surface area contributed by atoms with Gasteiger partial charge < -0.3 is 13.7 Å². The summed E-state index contributed by atoms with van der Waals surface area (Å²) in [7, 11) is 0. The van der Waals surface area contributed by atoms with Crippen LogP contribution in [0.4, 0.5) is 0 Å². The molecule has 60 heavy (non-hydrogen) atoms. The molecule has 4 aromatic carbocycles. The molecule has 3 aliphatic rings. The first-order valence-electron chi connectivity index (χ1n) is 20.6. The summed E-state index contributed by atoms with van der Waals surface area (Å²) in [5.41, 5.74) is 20.1. The molecule has 6 aromatic heterocycles. The van der Waals surface area contributed by atoms with Crippen LogP contribution >= 0.6 is 0 Å². The van der Waals surface area contributed by atoms with Gasteiger partial charge in [0.2, 0.25) is 0 Å². The molecule has 0 N–H and O–H groups in total. The summed E-state index contributed by atoms with van der Waals surface area (Å²) in [6.07, 6.45) is 16.7. The topological polar surface area (TPSA) is 92.1 Å². The van der Waals surface area contributed by atoms with Gasteiger partial charge in [0.15, 0.2) is 0 Å². The summed E-state index contributed by atoms with van der Waals surface area (Å²) in [5.74, 6) is 0. The maximum atomic E-state index is 4.56. The van der Waals surface area contributed by atoms with E-state index < -0.39 is 16.2 Å². The number of fused-ring (bicyclic) bond motifs is 18. The fourth-order valence-electron chi connectivity index (χ4n) is 11.9. The predicted octanol–water partition coefficient (Wildman–Crippen LogP) is 10.8. The van der Waals surface area contributed by atoms with Crippen molar-refractivity contribution in [3.8, 4) is 50.4 Å². The number of rotatable bonds is 3. The molecule has 0 aliphatic carbocycles. The van der Waals surface area contributed by atoms with Gasteiger partial charge in [-0.1, -0.05) is 96.1 Å². The Labute approximate surface area is 346 Å². The molecule has 0 atom stereocenters. The van der Waals surface area contributed by atoms with Gasteiger partial charge in [-0.3, -0.25) is 0 Å². The summed E-state index contributed by atoms with van der Waals surface area (Å²) < 4.78 is 7.82. The van der Waals surface area contributed by atoms with Crippen molar-refractivity contribution < 1.29 is 0 Å². The smallest absolute Gasteiger partial charge is 0.115 e. The van der Waals surface area contributed by atoms with E-state index in [-0.39, 0.29) is 0 Å². The summed E-state index contributed by atoms with van der Waals surface area (Å²) in [4.78, 5) is 27.4. The second-order valence-corrected chi connectivity index (χ2v) is 18.2. The molecule has 9 heterocycles. The highest BCUT2D eigenvalue weighted by atomic mass is 15.1. The van der Waals surface area contributed by atoms with Gasteiger partial charge in [0.05, 0.1) is 33.6 Å². The van der Waals surface area contributed by atoms with Crippen molar-refractivity contribution in [2.75, 3.05) is 0 Å². The number of hydrogen-bond donors (Lipinski definition) is 0. The highest BCUT2D eigenvalue weighted by Crippen LogP contribution is 2.66. The Morgan fingerprint density at radius 1 is 0.350 bits per heavy atom. The standard InChI is InChI=1S/C51H39N9/c1-49(2)40-43(58-34-16-10-7-13-31(34)37(46(49)58)28-19-52-25-53-20-28)41-45(60-36-18-12-9-15-33(36)39(48(60)50(41,3)4)30-23-56-27-57-24-30)42-44(40)59-35-17-11-8-14-32(35)38(47(59)51(42,5)6)29-21-54-26-55-22-29/h7-27H,1-6H3. The van der Waals surface area contributed by atoms with Crippen LogP contribution in [0.5, 0.6) is 0 Å². The summed E-state index contributed by atoms with van der Waals surface area (Å²) in [5, 5.41) is 3.58. The van der Waals surface area contributed by atoms with E-state index in [2.05, 4.69) is 158 Å². The van der Waals surface area contributed by atoms with Crippen LogP contribution in [0, 0.1) is 0 Å². The van der Waals surface area contributed by atoms with Gasteiger partial charge in [-0.15, -0.1) is 0 Å². The van der Waals surface area contributed by atoms with Crippen molar-refractivity contribution in [1.29, 1.82) is 0 Å². The predicted molar refractivity (Wildman–Crippen MR) is 236 cm³/mol. The minimum atomic E-state index is -0.469. The monoisotopic (exact) mass is 777 g/mol. The van der Waals surface area contributed by atoms with Crippen molar-refractivity contribution >= 4 is 32.7 Å². The van der Waals surface area contributed by atoms with Crippen LogP contribution in [0.1, 0.15) is 75.3 Å². The van der Waals surface area contributed by atoms with Crippen LogP contribution in [0.15, 0.2) is 129 Å². The van der Waals surface area contributed by atoms with E-state index in [4.69, 9.17) is 0 Å². The minimum absolute atomic E-state index is 0.469. The van der Waals surface area contributed by atoms with E-state index in [1.807, 2.05) is 37.2 Å². The number of nitrogens with zero attached hydrogens (tertiary/aromatic N) is 9. The van der Waals surface area contributed by atoms with E-state index in [0.29, 0.717) is 0 Å². The second kappa shape index (κ2) is 11.1. The first kappa shape index (κ1) is 33.7. The lowest BCUT2D eigenvalue weighted by atomic mass is 9.70. The van der Waals surface area contributed by atoms with E-state index in [1.54, 1.807) is 19.0 Å². The summed E-state index contributed by atoms with van der Waals surface area (Å²) >= 11 is 0. The molecular formula is C51H39N9. The highest BCUT2D eigenvalue weighted by Gasteiger charge is 2.56. The summed E-state index contributed by atoms with van der Waals surface area (Å²) in [6, 6.07) is 26.6. The number of benzene rings is 4. The second-order valence-electron chi connectivity index (χ2n) is 18.2. The molecule has 9 nitrogen and oxygen atoms in total. The molecule has 9 heteroatoms. The van der Waals surface area contributed by atoms with E-state index in [0.717, 1.165) is 16.7 Å². The maximum absolute atomic E-state index is 4.56. The fraction of sp³-hybridized carbons (Fsp3) is 0.176. The Balaban J connectivity index is 1.29. The van der Waals surface area contributed by atoms with E-state index in [1.165, 1.54) is 100 Å². The van der Waals surface area contributed by atoms with Crippen molar-refractivity contribution in [3.05, 3.63) is 163 Å². The highest BCUT2D eigenvalue weighted by molar-refractivity contribution is 6.08. The first-order chi connectivity index (χ1) is 29.1. The molecule has 0 spiro atoms. The molecule has 0 saturated carbocycles. The zero-order valence-corrected chi connectivity index (χ0v) is 34.1. The van der Waals surface area contributed by atoms with E-state index >= 15 is 0 Å². The molecule has 0 saturated heterocycles. The number of para-hydroxylation sites is 3. The van der Waals surface area contributed by atoms with Crippen molar-refractivity contribution in [1.82, 2.24) is 43.6 Å². The Bertz CT molecular complexity index is 3110. The molecule has 0 unspecified atom stereocenters. The first-order valence-corrected chi connectivity index (χ1v) is 20.6. The van der Waals surface area contributed by atoms with E-state index in [9.17, 15) is 0 Å². The largest absolute Gasteiger partial charge is 0.311 e. The lowest BCUT2D eigenvalue weighted by molar-refractivity contribution is 0.636. The molecule has 0 radical (unpaired) electrons. The van der Waals surface area contributed by atoms with Crippen LogP contribution in [-0.2, 0) is 16.2 Å². The van der Waals surface area contributed by atoms with Crippen molar-refractivity contribution in [3.63, 3.8) is 0 Å². The van der Waals surface area contributed by atoms with Crippen LogP contribution in [0.25, 0.3) is 83.2 Å². The van der Waals surface area contributed by atoms with Crippen molar-refractivity contribution in [2.45, 2.75) is 57.8 Å². The Morgan fingerprint density at radius 2 is 0.600 bits per heavy atom. The molecule has 13 rings (SSSR count). The molecular weight excluding hydrogens is 739 g/mol. The Morgan fingerprint density at radius 3 is 0.867 bits per heavy atom. The molecule has 288 valence electrons. The molecule has 3 aliphatic heterocycles. The van der Waals surface area contributed by atoms with Gasteiger partial charge in [0.25, 0.3) is 0 Å². The van der Waals surface area contributed by atoms with Crippen LogP contribution < -0.4 is 0 Å². The average Bonchev–Trinajstić information content (AvgIpc) is 4.06. The van der Waals surface area contributed by atoms with Crippen LogP contribution in [0.2, 0.25) is 0 Å². The van der Waals surface area contributed by atoms with Crippen molar-refractivity contribution in [2.24, 2.45) is 0 Å². The van der Waals surface area contributed by atoms with Crippen LogP contribution in [0.3, 0.4) is 0 Å². The Kier molecular flexibility index (Phi) is 6.21. The SMILES string of the molecule is CC1(C)c2c3c(c4c(c2-n2c1c(-c1cncnc1)c1ccccc12)C(C)(C)c1c(-c2cncnc2)c2ccccc2n1-4)C(C)(C)c1c(-c2cncnc2)c2ccccc2n1-3. The number of hydrogen-bond acceptors (Lipinski definition) is 6. The Hall–Kier alpha value is -7.26. The molecule has 10 aromatic rings. The zero-order valence-electron chi connectivity index (χ0n) is 34.1. The lowest BCUT2D eigenvalue weighted by Crippen LogP contribution is -2.23.